The number of rotatable bonds is 4. The summed E-state index contributed by atoms with van der Waals surface area (Å²) in [7, 11) is 0. The maximum absolute atomic E-state index is 11.7. The Morgan fingerprint density at radius 2 is 2.00 bits per heavy atom. The maximum atomic E-state index is 11.7. The van der Waals surface area contributed by atoms with Crippen molar-refractivity contribution in [2.24, 2.45) is 5.41 Å². The Hall–Kier alpha value is -1.97. The predicted molar refractivity (Wildman–Crippen MR) is 73.5 cm³/mol. The van der Waals surface area contributed by atoms with Crippen LogP contribution in [-0.2, 0) is 4.79 Å². The number of phenols is 1. The molecule has 0 aromatic heterocycles. The Labute approximate surface area is 113 Å². The highest BCUT2D eigenvalue weighted by atomic mass is 16.5. The molecular formula is C15H20O4. The first-order valence-electron chi connectivity index (χ1n) is 6.02. The van der Waals surface area contributed by atoms with Gasteiger partial charge < -0.3 is 14.6 Å². The molecule has 1 aromatic carbocycles. The Bertz CT molecular complexity index is 483. The third-order valence-corrected chi connectivity index (χ3v) is 2.23. The summed E-state index contributed by atoms with van der Waals surface area (Å²) < 4.78 is 10.5. The molecule has 0 fully saturated rings. The number of phenolic OH excluding ortho intramolecular Hbond substituents is 1. The van der Waals surface area contributed by atoms with Crippen LogP contribution in [0, 0.1) is 5.41 Å². The van der Waals surface area contributed by atoms with Gasteiger partial charge in [-0.2, -0.15) is 0 Å². The van der Waals surface area contributed by atoms with Crippen LogP contribution in [0.25, 0.3) is 0 Å². The van der Waals surface area contributed by atoms with Gasteiger partial charge in [-0.25, -0.2) is 0 Å². The number of hydrogen-bond donors (Lipinski definition) is 1. The highest BCUT2D eigenvalue weighted by Gasteiger charge is 2.24. The minimum Gasteiger partial charge on any atom is -0.504 e. The molecule has 4 heteroatoms. The van der Waals surface area contributed by atoms with Crippen molar-refractivity contribution in [3.63, 3.8) is 0 Å². The second kappa shape index (κ2) is 5.78. The zero-order valence-electron chi connectivity index (χ0n) is 11.8. The zero-order chi connectivity index (χ0) is 14.6. The Balaban J connectivity index is 2.77. The normalized spacial score (nSPS) is 10.9. The van der Waals surface area contributed by atoms with Crippen LogP contribution in [0.1, 0.15) is 27.7 Å². The fourth-order valence-corrected chi connectivity index (χ4v) is 1.14. The summed E-state index contributed by atoms with van der Waals surface area (Å²) >= 11 is 0. The fraction of sp³-hybridized carbons (Fsp3) is 0.400. The number of esters is 1. The van der Waals surface area contributed by atoms with Gasteiger partial charge in [0.2, 0.25) is 0 Å². The molecule has 0 heterocycles. The molecule has 0 amide bonds. The molecule has 0 bridgehead atoms. The Morgan fingerprint density at radius 1 is 1.37 bits per heavy atom. The van der Waals surface area contributed by atoms with Crippen molar-refractivity contribution in [2.75, 3.05) is 6.61 Å². The number of aromatic hydroxyl groups is 1. The molecule has 4 nitrogen and oxygen atoms in total. The summed E-state index contributed by atoms with van der Waals surface area (Å²) in [5.74, 6) is 0.196. The number of hydrogen-bond acceptors (Lipinski definition) is 4. The van der Waals surface area contributed by atoms with E-state index in [1.54, 1.807) is 32.9 Å². The average Bonchev–Trinajstić information content (AvgIpc) is 2.26. The molecule has 1 N–H and O–H groups in total. The first kappa shape index (κ1) is 15.1. The Morgan fingerprint density at radius 3 is 2.47 bits per heavy atom. The summed E-state index contributed by atoms with van der Waals surface area (Å²) in [5, 5.41) is 9.77. The van der Waals surface area contributed by atoms with Crippen LogP contribution in [-0.4, -0.2) is 17.7 Å². The van der Waals surface area contributed by atoms with E-state index in [4.69, 9.17) is 9.47 Å². The second-order valence-electron chi connectivity index (χ2n) is 5.51. The minimum atomic E-state index is -0.593. The molecule has 19 heavy (non-hydrogen) atoms. The van der Waals surface area contributed by atoms with Gasteiger partial charge in [-0.1, -0.05) is 6.58 Å². The van der Waals surface area contributed by atoms with Crippen molar-refractivity contribution in [2.45, 2.75) is 27.7 Å². The molecule has 0 radical (unpaired) electrons. The molecule has 0 unspecified atom stereocenters. The van der Waals surface area contributed by atoms with E-state index in [9.17, 15) is 9.90 Å². The third-order valence-electron chi connectivity index (χ3n) is 2.23. The molecule has 0 spiro atoms. The van der Waals surface area contributed by atoms with Crippen LogP contribution in [0.2, 0.25) is 0 Å². The van der Waals surface area contributed by atoms with Gasteiger partial charge in [-0.15, -0.1) is 0 Å². The molecule has 0 saturated heterocycles. The lowest BCUT2D eigenvalue weighted by molar-refractivity contribution is -0.143. The van der Waals surface area contributed by atoms with Crippen LogP contribution in [0.5, 0.6) is 17.2 Å². The number of ether oxygens (including phenoxy) is 2. The van der Waals surface area contributed by atoms with Gasteiger partial charge >= 0.3 is 5.97 Å². The van der Waals surface area contributed by atoms with Crippen molar-refractivity contribution < 1.29 is 19.4 Å². The van der Waals surface area contributed by atoms with Gasteiger partial charge in [0.15, 0.2) is 11.5 Å². The number of benzene rings is 1. The average molecular weight is 264 g/mol. The first-order chi connectivity index (χ1) is 8.70. The summed E-state index contributed by atoms with van der Waals surface area (Å²) in [5.41, 5.74) is 0.257. The summed E-state index contributed by atoms with van der Waals surface area (Å²) in [4.78, 5) is 11.7. The minimum absolute atomic E-state index is 0.0690. The van der Waals surface area contributed by atoms with Crippen molar-refractivity contribution >= 4 is 5.97 Å². The lowest BCUT2D eigenvalue weighted by Gasteiger charge is -2.16. The van der Waals surface area contributed by atoms with Gasteiger partial charge in [0.05, 0.1) is 5.41 Å². The number of carbonyl (C=O) groups excluding carboxylic acids is 1. The highest BCUT2D eigenvalue weighted by molar-refractivity contribution is 5.78. The fourth-order valence-electron chi connectivity index (χ4n) is 1.14. The van der Waals surface area contributed by atoms with Gasteiger partial charge in [-0.05, 0) is 45.4 Å². The second-order valence-corrected chi connectivity index (χ2v) is 5.51. The molecule has 104 valence electrons. The largest absolute Gasteiger partial charge is 0.504 e. The molecule has 1 aromatic rings. The van der Waals surface area contributed by atoms with Crippen LogP contribution in [0.4, 0.5) is 0 Å². The molecule has 1 rings (SSSR count). The first-order valence-corrected chi connectivity index (χ1v) is 6.02. The molecule has 0 aliphatic heterocycles. The van der Waals surface area contributed by atoms with E-state index in [1.807, 2.05) is 6.92 Å². The van der Waals surface area contributed by atoms with Crippen LogP contribution < -0.4 is 9.47 Å². The SMILES string of the molecule is C=C(C)COc1ccc(OC(=O)C(C)(C)C)cc1O. The number of carbonyl (C=O) groups is 1. The monoisotopic (exact) mass is 264 g/mol. The van der Waals surface area contributed by atoms with Crippen LogP contribution in [0.15, 0.2) is 30.4 Å². The summed E-state index contributed by atoms with van der Waals surface area (Å²) in [6, 6.07) is 4.50. The van der Waals surface area contributed by atoms with Gasteiger partial charge in [-0.3, -0.25) is 4.79 Å². The van der Waals surface area contributed by atoms with Crippen LogP contribution in [0.3, 0.4) is 0 Å². The van der Waals surface area contributed by atoms with Crippen molar-refractivity contribution in [3.05, 3.63) is 30.4 Å². The van der Waals surface area contributed by atoms with Crippen molar-refractivity contribution in [1.82, 2.24) is 0 Å². The van der Waals surface area contributed by atoms with Gasteiger partial charge in [0, 0.05) is 6.07 Å². The standard InChI is InChI=1S/C15H20O4/c1-10(2)9-18-13-7-6-11(8-12(13)16)19-14(17)15(3,4)5/h6-8,16H,1,9H2,2-5H3. The van der Waals surface area contributed by atoms with E-state index < -0.39 is 5.41 Å². The van der Waals surface area contributed by atoms with E-state index in [0.29, 0.717) is 18.1 Å². The lowest BCUT2D eigenvalue weighted by atomic mass is 9.97. The third kappa shape index (κ3) is 4.66. The molecule has 0 aliphatic rings. The Kier molecular flexibility index (Phi) is 4.59. The summed E-state index contributed by atoms with van der Waals surface area (Å²) in [6.45, 7) is 11.2. The van der Waals surface area contributed by atoms with Gasteiger partial charge in [0.25, 0.3) is 0 Å². The molecule has 0 aliphatic carbocycles. The molecule has 0 atom stereocenters. The molecule has 0 saturated carbocycles. The van der Waals surface area contributed by atoms with Crippen molar-refractivity contribution in [1.29, 1.82) is 0 Å². The topological polar surface area (TPSA) is 55.8 Å². The van der Waals surface area contributed by atoms with Crippen molar-refractivity contribution in [3.8, 4) is 17.2 Å². The van der Waals surface area contributed by atoms with E-state index in [0.717, 1.165) is 5.57 Å². The van der Waals surface area contributed by atoms with E-state index in [2.05, 4.69) is 6.58 Å². The predicted octanol–water partition coefficient (Wildman–Crippen LogP) is 3.30. The highest BCUT2D eigenvalue weighted by Crippen LogP contribution is 2.31. The van der Waals surface area contributed by atoms with E-state index in [-0.39, 0.29) is 11.7 Å². The smallest absolute Gasteiger partial charge is 0.316 e. The quantitative estimate of drug-likeness (QED) is 0.515. The molecular weight excluding hydrogens is 244 g/mol. The lowest BCUT2D eigenvalue weighted by Crippen LogP contribution is -2.25. The van der Waals surface area contributed by atoms with Gasteiger partial charge in [0.1, 0.15) is 12.4 Å². The zero-order valence-corrected chi connectivity index (χ0v) is 11.8. The summed E-state index contributed by atoms with van der Waals surface area (Å²) in [6.07, 6.45) is 0. The van der Waals surface area contributed by atoms with E-state index >= 15 is 0 Å². The maximum Gasteiger partial charge on any atom is 0.316 e. The van der Waals surface area contributed by atoms with E-state index in [1.165, 1.54) is 6.07 Å². The van der Waals surface area contributed by atoms with Crippen LogP contribution >= 0.6 is 0 Å².